The van der Waals surface area contributed by atoms with Gasteiger partial charge in [-0.3, -0.25) is 4.79 Å². The molecule has 1 aromatic rings. The van der Waals surface area contributed by atoms with E-state index in [0.29, 0.717) is 13.0 Å². The van der Waals surface area contributed by atoms with Crippen molar-refractivity contribution in [3.63, 3.8) is 0 Å². The van der Waals surface area contributed by atoms with Crippen molar-refractivity contribution >= 4 is 17.6 Å². The van der Waals surface area contributed by atoms with Gasteiger partial charge < -0.3 is 9.84 Å². The van der Waals surface area contributed by atoms with E-state index in [-0.39, 0.29) is 0 Å². The van der Waals surface area contributed by atoms with Crippen molar-refractivity contribution in [1.29, 1.82) is 0 Å². The van der Waals surface area contributed by atoms with Crippen LogP contribution in [-0.4, -0.2) is 23.8 Å². The average molecular weight is 241 g/mol. The van der Waals surface area contributed by atoms with Crippen LogP contribution in [0, 0.1) is 5.92 Å². The fraction of sp³-hybridized carbons (Fsp3) is 0.417. The van der Waals surface area contributed by atoms with Gasteiger partial charge in [-0.2, -0.15) is 0 Å². The molecule has 0 saturated carbocycles. The number of aliphatic carboxylic acids is 1. The number of carboxylic acids is 1. The predicted octanol–water partition coefficient (Wildman–Crippen LogP) is 2.46. The number of benzene rings is 1. The zero-order valence-corrected chi connectivity index (χ0v) is 9.43. The fourth-order valence-electron chi connectivity index (χ4n) is 1.99. The van der Waals surface area contributed by atoms with E-state index in [0.717, 1.165) is 5.56 Å². The molecule has 1 N–H and O–H groups in total. The fourth-order valence-corrected chi connectivity index (χ4v) is 2.38. The highest BCUT2D eigenvalue weighted by molar-refractivity contribution is 6.21. The summed E-state index contributed by atoms with van der Waals surface area (Å²) in [5, 5.41) is 8.64. The molecule has 2 rings (SSSR count). The molecule has 0 amide bonds. The third kappa shape index (κ3) is 2.20. The molecule has 0 radical (unpaired) electrons. The lowest BCUT2D eigenvalue weighted by Crippen LogP contribution is -2.27. The summed E-state index contributed by atoms with van der Waals surface area (Å²) in [7, 11) is 0. The second kappa shape index (κ2) is 4.85. The minimum atomic E-state index is -0.830. The highest BCUT2D eigenvalue weighted by Gasteiger charge is 2.39. The van der Waals surface area contributed by atoms with E-state index in [1.54, 1.807) is 0 Å². The summed E-state index contributed by atoms with van der Waals surface area (Å²) in [6, 6.07) is 9.44. The summed E-state index contributed by atoms with van der Waals surface area (Å²) in [6.45, 7) is 0.470. The van der Waals surface area contributed by atoms with Gasteiger partial charge in [0.25, 0.3) is 0 Å². The van der Waals surface area contributed by atoms with Crippen LogP contribution >= 0.6 is 11.6 Å². The number of carboxylic acid groups (broad SMARTS) is 1. The van der Waals surface area contributed by atoms with Crippen molar-refractivity contribution in [2.75, 3.05) is 6.61 Å². The Bertz CT molecular complexity index is 366. The van der Waals surface area contributed by atoms with E-state index in [2.05, 4.69) is 0 Å². The van der Waals surface area contributed by atoms with E-state index in [1.165, 1.54) is 0 Å². The SMILES string of the molecule is O=C(O)C1CCOC1C(Cl)c1ccccc1. The highest BCUT2D eigenvalue weighted by atomic mass is 35.5. The first-order valence-electron chi connectivity index (χ1n) is 5.23. The molecular weight excluding hydrogens is 228 g/mol. The van der Waals surface area contributed by atoms with Crippen LogP contribution in [0.1, 0.15) is 17.4 Å². The van der Waals surface area contributed by atoms with Gasteiger partial charge in [-0.15, -0.1) is 11.6 Å². The van der Waals surface area contributed by atoms with Crippen LogP contribution in [-0.2, 0) is 9.53 Å². The summed E-state index contributed by atoms with van der Waals surface area (Å²) >= 11 is 6.26. The summed E-state index contributed by atoms with van der Waals surface area (Å²) in [6.07, 6.45) is 0.109. The number of carbonyl (C=O) groups is 1. The maximum absolute atomic E-state index is 11.0. The maximum atomic E-state index is 11.0. The molecular formula is C12H13ClO3. The van der Waals surface area contributed by atoms with Gasteiger partial charge in [-0.25, -0.2) is 0 Å². The zero-order valence-electron chi connectivity index (χ0n) is 8.67. The highest BCUT2D eigenvalue weighted by Crippen LogP contribution is 2.35. The average Bonchev–Trinajstić information content (AvgIpc) is 2.78. The molecule has 0 aliphatic carbocycles. The zero-order chi connectivity index (χ0) is 11.5. The van der Waals surface area contributed by atoms with Crippen LogP contribution in [0.25, 0.3) is 0 Å². The van der Waals surface area contributed by atoms with Gasteiger partial charge in [-0.1, -0.05) is 30.3 Å². The molecule has 3 unspecified atom stereocenters. The summed E-state index contributed by atoms with van der Waals surface area (Å²) in [5.74, 6) is -1.33. The standard InChI is InChI=1S/C12H13ClO3/c13-10(8-4-2-1-3-5-8)11-9(12(14)15)6-7-16-11/h1-5,9-11H,6-7H2,(H,14,15). The first-order valence-corrected chi connectivity index (χ1v) is 5.67. The van der Waals surface area contributed by atoms with Crippen LogP contribution in [0.3, 0.4) is 0 Å². The van der Waals surface area contributed by atoms with Crippen molar-refractivity contribution in [2.45, 2.75) is 17.9 Å². The Kier molecular flexibility index (Phi) is 3.46. The number of hydrogen-bond acceptors (Lipinski definition) is 2. The molecule has 86 valence electrons. The molecule has 1 heterocycles. The molecule has 16 heavy (non-hydrogen) atoms. The number of alkyl halides is 1. The van der Waals surface area contributed by atoms with Gasteiger partial charge >= 0.3 is 5.97 Å². The van der Waals surface area contributed by atoms with Gasteiger partial charge in [0.2, 0.25) is 0 Å². The lowest BCUT2D eigenvalue weighted by molar-refractivity contribution is -0.143. The molecule has 1 fully saturated rings. The Hall–Kier alpha value is -1.06. The first kappa shape index (κ1) is 11.4. The third-order valence-corrected chi connectivity index (χ3v) is 3.36. The van der Waals surface area contributed by atoms with Crippen molar-refractivity contribution in [3.8, 4) is 0 Å². The second-order valence-electron chi connectivity index (χ2n) is 3.88. The number of rotatable bonds is 3. The monoisotopic (exact) mass is 240 g/mol. The minimum absolute atomic E-state index is 0.398. The van der Waals surface area contributed by atoms with Gasteiger partial charge in [0.05, 0.1) is 17.4 Å². The van der Waals surface area contributed by atoms with Crippen LogP contribution in [0.2, 0.25) is 0 Å². The van der Waals surface area contributed by atoms with E-state index >= 15 is 0 Å². The Balaban J connectivity index is 2.15. The van der Waals surface area contributed by atoms with Gasteiger partial charge in [0, 0.05) is 6.61 Å². The Labute approximate surface area is 99.0 Å². The number of halogens is 1. The van der Waals surface area contributed by atoms with Gasteiger partial charge in [0.1, 0.15) is 0 Å². The predicted molar refractivity (Wildman–Crippen MR) is 60.5 cm³/mol. The maximum Gasteiger partial charge on any atom is 0.309 e. The Morgan fingerprint density at radius 2 is 2.12 bits per heavy atom. The van der Waals surface area contributed by atoms with Crippen molar-refractivity contribution in [3.05, 3.63) is 35.9 Å². The molecule has 0 spiro atoms. The molecule has 1 aliphatic rings. The van der Waals surface area contributed by atoms with Gasteiger partial charge in [-0.05, 0) is 12.0 Å². The summed E-state index contributed by atoms with van der Waals surface area (Å²) in [5.41, 5.74) is 0.905. The van der Waals surface area contributed by atoms with Crippen LogP contribution in [0.15, 0.2) is 30.3 Å². The molecule has 4 heteroatoms. The lowest BCUT2D eigenvalue weighted by atomic mass is 9.95. The van der Waals surface area contributed by atoms with Crippen LogP contribution in [0.4, 0.5) is 0 Å². The molecule has 1 aliphatic heterocycles. The first-order chi connectivity index (χ1) is 7.70. The van der Waals surface area contributed by atoms with Gasteiger partial charge in [0.15, 0.2) is 0 Å². The van der Waals surface area contributed by atoms with Crippen molar-refractivity contribution < 1.29 is 14.6 Å². The summed E-state index contributed by atoms with van der Waals surface area (Å²) in [4.78, 5) is 11.0. The largest absolute Gasteiger partial charge is 0.481 e. The Morgan fingerprint density at radius 1 is 1.44 bits per heavy atom. The normalized spacial score (nSPS) is 26.6. The van der Waals surface area contributed by atoms with Crippen molar-refractivity contribution in [2.24, 2.45) is 5.92 Å². The van der Waals surface area contributed by atoms with E-state index < -0.39 is 23.4 Å². The Morgan fingerprint density at radius 3 is 2.75 bits per heavy atom. The van der Waals surface area contributed by atoms with E-state index in [1.807, 2.05) is 30.3 Å². The smallest absolute Gasteiger partial charge is 0.309 e. The lowest BCUT2D eigenvalue weighted by Gasteiger charge is -2.20. The second-order valence-corrected chi connectivity index (χ2v) is 4.35. The molecule has 1 aromatic carbocycles. The quantitative estimate of drug-likeness (QED) is 0.826. The third-order valence-electron chi connectivity index (χ3n) is 2.86. The summed E-state index contributed by atoms with van der Waals surface area (Å²) < 4.78 is 5.43. The molecule has 1 saturated heterocycles. The molecule has 0 aromatic heterocycles. The van der Waals surface area contributed by atoms with E-state index in [4.69, 9.17) is 21.4 Å². The van der Waals surface area contributed by atoms with Crippen LogP contribution in [0.5, 0.6) is 0 Å². The van der Waals surface area contributed by atoms with Crippen LogP contribution < -0.4 is 0 Å². The van der Waals surface area contributed by atoms with E-state index in [9.17, 15) is 4.79 Å². The molecule has 3 nitrogen and oxygen atoms in total. The molecule has 3 atom stereocenters. The minimum Gasteiger partial charge on any atom is -0.481 e. The van der Waals surface area contributed by atoms with Crippen molar-refractivity contribution in [1.82, 2.24) is 0 Å². The number of ether oxygens (including phenoxy) is 1. The topological polar surface area (TPSA) is 46.5 Å². The molecule has 0 bridgehead atoms. The number of hydrogen-bond donors (Lipinski definition) is 1.